The topological polar surface area (TPSA) is 135 Å². The molecule has 13 heteroatoms. The van der Waals surface area contributed by atoms with Crippen LogP contribution in [-0.4, -0.2) is 84.4 Å². The van der Waals surface area contributed by atoms with Crippen LogP contribution in [0.25, 0.3) is 0 Å². The van der Waals surface area contributed by atoms with E-state index in [0.717, 1.165) is 0 Å². The summed E-state index contributed by atoms with van der Waals surface area (Å²) in [7, 11) is 1.50. The van der Waals surface area contributed by atoms with Crippen molar-refractivity contribution in [2.45, 2.75) is 55.7 Å². The van der Waals surface area contributed by atoms with Gasteiger partial charge in [0.05, 0.1) is 41.9 Å². The van der Waals surface area contributed by atoms with E-state index >= 15 is 9.59 Å². The van der Waals surface area contributed by atoms with Gasteiger partial charge in [-0.1, -0.05) is 112 Å². The molecule has 0 aliphatic carbocycles. The van der Waals surface area contributed by atoms with Gasteiger partial charge in [-0.2, -0.15) is 0 Å². The summed E-state index contributed by atoms with van der Waals surface area (Å²) in [5.74, 6) is -4.47. The maximum atomic E-state index is 15.5. The number of rotatable bonds is 7. The molecule has 2 fully saturated rings. The number of amides is 3. The Morgan fingerprint density at radius 1 is 0.981 bits per heavy atom. The zero-order chi connectivity index (χ0) is 38.1. The third kappa shape index (κ3) is 6.68. The largest absolute Gasteiger partial charge is 0.455 e. The van der Waals surface area contributed by atoms with Crippen molar-refractivity contribution >= 4 is 56.9 Å². The van der Waals surface area contributed by atoms with Crippen LogP contribution in [0.5, 0.6) is 0 Å². The molecule has 282 valence electrons. The van der Waals surface area contributed by atoms with Crippen LogP contribution in [0.15, 0.2) is 102 Å². The van der Waals surface area contributed by atoms with E-state index in [4.69, 9.17) is 25.8 Å². The number of methoxy groups -OCH3 is 1. The second-order valence-electron chi connectivity index (χ2n) is 13.9. The fourth-order valence-electron chi connectivity index (χ4n) is 8.38. The number of ether oxygens (including phenoxy) is 3. The highest BCUT2D eigenvalue weighted by atomic mass is 79.9. The molecule has 0 saturated carbocycles. The quantitative estimate of drug-likeness (QED) is 0.241. The Labute approximate surface area is 327 Å². The van der Waals surface area contributed by atoms with Crippen molar-refractivity contribution in [1.29, 1.82) is 0 Å². The summed E-state index contributed by atoms with van der Waals surface area (Å²) in [6, 6.07) is 20.2. The highest BCUT2D eigenvalue weighted by Gasteiger charge is 2.75. The molecule has 5 bridgehead atoms. The first kappa shape index (κ1) is 38.0. The molecule has 1 spiro atoms. The molecule has 3 aromatic carbocycles. The maximum absolute atomic E-state index is 15.5. The number of aryl methyl sites for hydroxylation is 1. The van der Waals surface area contributed by atoms with Crippen molar-refractivity contribution in [3.8, 4) is 0 Å². The predicted molar refractivity (Wildman–Crippen MR) is 204 cm³/mol. The van der Waals surface area contributed by atoms with E-state index in [1.54, 1.807) is 72.8 Å². The normalized spacial score (nSPS) is 29.8. The SMILES string of the molecule is COC[C@H]1NC(=O)CC/C=C\CN(c2c(C)cccc2Cl)C(=O)[C@@H]2N([C@H](CO)c3ccccc3)C(=O)[C@H]3[C@H](C(=O)O[C@@H]1c1ccccc1)[C@H]1O[C@@]23C=C1Br. The Morgan fingerprint density at radius 3 is 2.39 bits per heavy atom. The van der Waals surface area contributed by atoms with Crippen molar-refractivity contribution in [3.05, 3.63) is 123 Å². The van der Waals surface area contributed by atoms with Crippen LogP contribution in [0.2, 0.25) is 5.02 Å². The highest BCUT2D eigenvalue weighted by Crippen LogP contribution is 2.60. The van der Waals surface area contributed by atoms with E-state index in [0.29, 0.717) is 38.3 Å². The molecular formula is C41H41BrClN3O8. The lowest BCUT2D eigenvalue weighted by Gasteiger charge is -2.39. The monoisotopic (exact) mass is 817 g/mol. The summed E-state index contributed by atoms with van der Waals surface area (Å²) < 4.78 is 19.1. The summed E-state index contributed by atoms with van der Waals surface area (Å²) in [4.78, 5) is 61.6. The van der Waals surface area contributed by atoms with Gasteiger partial charge in [0.1, 0.15) is 29.8 Å². The third-order valence-electron chi connectivity index (χ3n) is 10.7. The lowest BCUT2D eigenvalue weighted by molar-refractivity contribution is -0.162. The summed E-state index contributed by atoms with van der Waals surface area (Å²) in [5.41, 5.74) is 0.742. The van der Waals surface area contributed by atoms with Gasteiger partial charge < -0.3 is 34.4 Å². The first-order chi connectivity index (χ1) is 26.1. The minimum atomic E-state index is -1.63. The highest BCUT2D eigenvalue weighted by molar-refractivity contribution is 9.11. The molecular weight excluding hydrogens is 778 g/mol. The first-order valence-electron chi connectivity index (χ1n) is 17.9. The number of likely N-dealkylation sites (tertiary alicyclic amines) is 1. The van der Waals surface area contributed by atoms with E-state index in [9.17, 15) is 14.7 Å². The van der Waals surface area contributed by atoms with E-state index in [1.165, 1.54) is 16.9 Å². The number of hydrogen-bond donors (Lipinski definition) is 2. The Kier molecular flexibility index (Phi) is 11.1. The molecule has 4 aliphatic heterocycles. The molecule has 4 aliphatic rings. The lowest BCUT2D eigenvalue weighted by atomic mass is 9.74. The fourth-order valence-corrected chi connectivity index (χ4v) is 9.44. The van der Waals surface area contributed by atoms with E-state index in [2.05, 4.69) is 21.2 Å². The number of halogens is 2. The minimum Gasteiger partial charge on any atom is -0.455 e. The Hall–Kier alpha value is -4.33. The van der Waals surface area contributed by atoms with Gasteiger partial charge in [0.2, 0.25) is 11.8 Å². The zero-order valence-electron chi connectivity index (χ0n) is 29.8. The molecule has 7 rings (SSSR count). The Morgan fingerprint density at radius 2 is 1.70 bits per heavy atom. The average molecular weight is 819 g/mol. The van der Waals surface area contributed by atoms with Crippen LogP contribution in [0.1, 0.15) is 41.7 Å². The van der Waals surface area contributed by atoms with Crippen LogP contribution in [0.3, 0.4) is 0 Å². The van der Waals surface area contributed by atoms with Gasteiger partial charge >= 0.3 is 5.97 Å². The number of benzene rings is 3. The fraction of sp³-hybridized carbons (Fsp3) is 0.366. The number of esters is 1. The summed E-state index contributed by atoms with van der Waals surface area (Å²) >= 11 is 10.4. The van der Waals surface area contributed by atoms with E-state index in [-0.39, 0.29) is 25.5 Å². The molecule has 3 aromatic rings. The van der Waals surface area contributed by atoms with Crippen LogP contribution in [0.4, 0.5) is 5.69 Å². The van der Waals surface area contributed by atoms with E-state index < -0.39 is 72.2 Å². The molecule has 0 unspecified atom stereocenters. The van der Waals surface area contributed by atoms with Crippen molar-refractivity contribution < 1.29 is 38.5 Å². The number of hydrogen-bond acceptors (Lipinski definition) is 8. The van der Waals surface area contributed by atoms with Crippen LogP contribution in [-0.2, 0) is 33.4 Å². The van der Waals surface area contributed by atoms with Crippen LogP contribution < -0.4 is 10.2 Å². The number of carbonyl (C=O) groups is 4. The smallest absolute Gasteiger partial charge is 0.313 e. The summed E-state index contributed by atoms with van der Waals surface area (Å²) in [5, 5.41) is 14.3. The lowest BCUT2D eigenvalue weighted by Crippen LogP contribution is -2.57. The zero-order valence-corrected chi connectivity index (χ0v) is 32.1. The average Bonchev–Trinajstić information content (AvgIpc) is 3.76. The second kappa shape index (κ2) is 15.8. The predicted octanol–water partition coefficient (Wildman–Crippen LogP) is 5.35. The number of carbonyl (C=O) groups excluding carboxylic acids is 4. The standard InChI is InChI=1S/C41H41BrClN3O8/c1-24-13-12-18-28(43)34(24)45-20-11-5-10-19-31(48)44-29(23-52-2)35(26-16-8-4-9-17-26)53-40(51)32-33-38(49)46(30(22-47)25-14-6-3-7-15-25)37(39(45)50)41(33)21-27(42)36(32)54-41/h3-9,11-18,21,29-30,32-33,35-37,47H,10,19-20,22-23H2,1-2H3,(H,44,48)/b11-5-/t29-,30-,32+,33-,35-,36+,37+,41-/m1/s1. The number of aliphatic hydroxyl groups is 1. The van der Waals surface area contributed by atoms with Gasteiger partial charge in [0.25, 0.3) is 5.91 Å². The van der Waals surface area contributed by atoms with Gasteiger partial charge in [0, 0.05) is 24.6 Å². The van der Waals surface area contributed by atoms with Gasteiger partial charge in [-0.05, 0) is 42.2 Å². The minimum absolute atomic E-state index is 0.0284. The first-order valence-corrected chi connectivity index (χ1v) is 19.1. The number of nitrogens with zero attached hydrogens (tertiary/aromatic N) is 2. The molecule has 3 amide bonds. The van der Waals surface area contributed by atoms with Gasteiger partial charge in [-0.25, -0.2) is 0 Å². The third-order valence-corrected chi connectivity index (χ3v) is 11.7. The van der Waals surface area contributed by atoms with Crippen molar-refractivity contribution in [1.82, 2.24) is 10.2 Å². The summed E-state index contributed by atoms with van der Waals surface area (Å²) in [6.45, 7) is 1.40. The van der Waals surface area contributed by atoms with Crippen LogP contribution in [0, 0.1) is 18.8 Å². The van der Waals surface area contributed by atoms with Gasteiger partial charge in [-0.3, -0.25) is 19.2 Å². The van der Waals surface area contributed by atoms with Crippen molar-refractivity contribution in [2.75, 3.05) is 31.8 Å². The van der Waals surface area contributed by atoms with Gasteiger partial charge in [0.15, 0.2) is 0 Å². The van der Waals surface area contributed by atoms with Crippen molar-refractivity contribution in [2.24, 2.45) is 11.8 Å². The van der Waals surface area contributed by atoms with Gasteiger partial charge in [-0.15, -0.1) is 0 Å². The summed E-state index contributed by atoms with van der Waals surface area (Å²) in [6.07, 6.45) is 3.83. The molecule has 8 atom stereocenters. The molecule has 11 nitrogen and oxygen atoms in total. The molecule has 4 heterocycles. The molecule has 2 N–H and O–H groups in total. The molecule has 2 saturated heterocycles. The number of para-hydroxylation sites is 1. The number of aliphatic hydroxyl groups excluding tert-OH is 1. The number of cyclic esters (lactones) is 1. The van der Waals surface area contributed by atoms with E-state index in [1.807, 2.05) is 31.2 Å². The number of nitrogens with one attached hydrogen (secondary N) is 1. The molecule has 54 heavy (non-hydrogen) atoms. The number of fused-ring (bicyclic) bond motifs is 2. The maximum Gasteiger partial charge on any atom is 0.313 e. The van der Waals surface area contributed by atoms with Crippen LogP contribution >= 0.6 is 27.5 Å². The number of allylic oxidation sites excluding steroid dienone is 1. The molecule has 0 aromatic heterocycles. The Bertz CT molecular complexity index is 1960. The van der Waals surface area contributed by atoms with Crippen molar-refractivity contribution in [3.63, 3.8) is 0 Å². The molecule has 0 radical (unpaired) electrons. The Balaban J connectivity index is 1.41. The second-order valence-corrected chi connectivity index (χ2v) is 15.3. The number of anilines is 1.